The molecule has 3 heterocycles. The van der Waals surface area contributed by atoms with Crippen molar-refractivity contribution in [1.82, 2.24) is 9.80 Å². The molecule has 1 aromatic rings. The van der Waals surface area contributed by atoms with Crippen molar-refractivity contribution in [2.24, 2.45) is 23.5 Å². The van der Waals surface area contributed by atoms with Crippen LogP contribution in [0.3, 0.4) is 0 Å². The fourth-order valence-corrected chi connectivity index (χ4v) is 9.59. The number of β-lactam (4-membered cyclic amide) rings is 1. The predicted octanol–water partition coefficient (Wildman–Crippen LogP) is 3.23. The number of nitro benzene ring substituents is 1. The van der Waals surface area contributed by atoms with Gasteiger partial charge in [-0.2, -0.15) is 0 Å². The fraction of sp³-hybridized carbons (Fsp3) is 0.586. The van der Waals surface area contributed by atoms with E-state index in [1.54, 1.807) is 0 Å². The van der Waals surface area contributed by atoms with E-state index in [0.717, 1.165) is 30.3 Å². The molecule has 13 heteroatoms. The summed E-state index contributed by atoms with van der Waals surface area (Å²) in [5.74, 6) is -3.50. The quantitative estimate of drug-likeness (QED) is 0.0948. The van der Waals surface area contributed by atoms with E-state index in [4.69, 9.17) is 14.9 Å². The maximum atomic E-state index is 13.7. The number of benzene rings is 1. The first-order valence-corrected chi connectivity index (χ1v) is 17.2. The van der Waals surface area contributed by atoms with Gasteiger partial charge in [0.25, 0.3) is 5.69 Å². The minimum Gasteiger partial charge on any atom is -0.413 e. The molecule has 42 heavy (non-hydrogen) atoms. The molecular weight excluding hydrogens is 560 g/mol. The van der Waals surface area contributed by atoms with E-state index in [1.165, 1.54) is 17.0 Å². The van der Waals surface area contributed by atoms with E-state index >= 15 is 0 Å². The van der Waals surface area contributed by atoms with Crippen LogP contribution in [-0.4, -0.2) is 78.6 Å². The number of rotatable bonds is 12. The largest absolute Gasteiger partial charge is 0.413 e. The zero-order valence-corrected chi connectivity index (χ0v) is 25.8. The van der Waals surface area contributed by atoms with E-state index in [9.17, 15) is 29.3 Å². The number of esters is 2. The Kier molecular flexibility index (Phi) is 9.33. The molecule has 5 atom stereocenters. The van der Waals surface area contributed by atoms with Gasteiger partial charge in [0.1, 0.15) is 5.70 Å². The van der Waals surface area contributed by atoms with Gasteiger partial charge in [0.05, 0.1) is 34.5 Å². The van der Waals surface area contributed by atoms with Gasteiger partial charge in [0.15, 0.2) is 8.32 Å². The van der Waals surface area contributed by atoms with Gasteiger partial charge in [-0.1, -0.05) is 27.7 Å². The first kappa shape index (κ1) is 31.5. The van der Waals surface area contributed by atoms with Crippen molar-refractivity contribution in [2.45, 2.75) is 71.3 Å². The standard InChI is InChI=1S/C29H40N4O8Si/c1-6-42(7-2,8-3)41-18(5)23-24-17(4)22(16-31-14-13-20(15-31)26(30)34)25(32(24)27(23)35)29(37)40-28(36)19-9-11-21(12-10-19)33(38)39/h9-12,17-18,20,23-24H,6-8,13-16H2,1-5H3,(H2,30,34)/t17-,18?,20-,23+,24+/m0/s1. The topological polar surface area (TPSA) is 162 Å². The normalized spacial score (nSPS) is 24.8. The summed E-state index contributed by atoms with van der Waals surface area (Å²) in [7, 11) is -2.01. The number of nitro groups is 1. The summed E-state index contributed by atoms with van der Waals surface area (Å²) in [5, 5.41) is 11.0. The lowest BCUT2D eigenvalue weighted by molar-refractivity contribution is -0.384. The number of fused-ring (bicyclic) bond motifs is 1. The lowest BCUT2D eigenvalue weighted by Gasteiger charge is -2.49. The van der Waals surface area contributed by atoms with Gasteiger partial charge in [0, 0.05) is 31.1 Å². The van der Waals surface area contributed by atoms with Crippen LogP contribution in [-0.2, 0) is 23.5 Å². The number of hydrogen-bond acceptors (Lipinski definition) is 9. The smallest absolute Gasteiger partial charge is 0.362 e. The van der Waals surface area contributed by atoms with Crippen LogP contribution in [0.4, 0.5) is 5.69 Å². The van der Waals surface area contributed by atoms with Gasteiger partial charge in [-0.3, -0.25) is 24.6 Å². The first-order valence-electron chi connectivity index (χ1n) is 14.6. The molecular formula is C29H40N4O8Si. The summed E-state index contributed by atoms with van der Waals surface area (Å²) in [6.07, 6.45) is 0.268. The van der Waals surface area contributed by atoms with Crippen molar-refractivity contribution >= 4 is 37.8 Å². The number of likely N-dealkylation sites (tertiary alicyclic amines) is 1. The Bertz CT molecular complexity index is 1290. The van der Waals surface area contributed by atoms with Crippen molar-refractivity contribution in [3.8, 4) is 0 Å². The highest BCUT2D eigenvalue weighted by atomic mass is 28.4. The molecule has 2 N–H and O–H groups in total. The number of carbonyl (C=O) groups excluding carboxylic acids is 4. The molecule has 2 fully saturated rings. The van der Waals surface area contributed by atoms with Crippen LogP contribution in [0, 0.1) is 27.9 Å². The Balaban J connectivity index is 1.60. The van der Waals surface area contributed by atoms with Crippen molar-refractivity contribution in [3.63, 3.8) is 0 Å². The van der Waals surface area contributed by atoms with Gasteiger partial charge in [-0.25, -0.2) is 9.59 Å². The van der Waals surface area contributed by atoms with Crippen molar-refractivity contribution in [1.29, 1.82) is 0 Å². The second-order valence-corrected chi connectivity index (χ2v) is 16.3. The average Bonchev–Trinajstić information content (AvgIpc) is 3.53. The Hall–Kier alpha value is -3.42. The number of primary amides is 1. The second-order valence-electron chi connectivity index (χ2n) is 11.6. The zero-order valence-electron chi connectivity index (χ0n) is 24.8. The Morgan fingerprint density at radius 1 is 1.12 bits per heavy atom. The van der Waals surface area contributed by atoms with Crippen molar-refractivity contribution in [3.05, 3.63) is 51.2 Å². The van der Waals surface area contributed by atoms with Crippen molar-refractivity contribution in [2.75, 3.05) is 19.6 Å². The van der Waals surface area contributed by atoms with Crippen LogP contribution in [0.5, 0.6) is 0 Å². The molecule has 0 spiro atoms. The van der Waals surface area contributed by atoms with Gasteiger partial charge < -0.3 is 19.8 Å². The maximum Gasteiger partial charge on any atom is 0.362 e. The summed E-state index contributed by atoms with van der Waals surface area (Å²) in [6, 6.07) is 7.23. The molecule has 2 amide bonds. The van der Waals surface area contributed by atoms with Crippen LogP contribution in [0.25, 0.3) is 0 Å². The highest BCUT2D eigenvalue weighted by molar-refractivity contribution is 6.73. The number of nitrogens with zero attached hydrogens (tertiary/aromatic N) is 3. The van der Waals surface area contributed by atoms with E-state index < -0.39 is 31.1 Å². The molecule has 12 nitrogen and oxygen atoms in total. The lowest BCUT2D eigenvalue weighted by Crippen LogP contribution is -2.65. The Labute approximate surface area is 246 Å². The predicted molar refractivity (Wildman–Crippen MR) is 155 cm³/mol. The van der Waals surface area contributed by atoms with Gasteiger partial charge in [-0.15, -0.1) is 0 Å². The minimum atomic E-state index is -2.01. The maximum absolute atomic E-state index is 13.7. The SMILES string of the molecule is CC[Si](CC)(CC)OC(C)[C@H]1C(=O)N2C(C(=O)OC(=O)c3ccc([N+](=O)[O-])cc3)=C(CN3CC[C@H](C(N)=O)C3)[C@H](C)[C@H]12. The molecule has 2 saturated heterocycles. The van der Waals surface area contributed by atoms with Gasteiger partial charge >= 0.3 is 11.9 Å². The van der Waals surface area contributed by atoms with Crippen LogP contribution in [0.15, 0.2) is 35.5 Å². The minimum absolute atomic E-state index is 0.0302. The van der Waals surface area contributed by atoms with E-state index in [1.807, 2.05) is 18.7 Å². The molecule has 228 valence electrons. The molecule has 0 aliphatic carbocycles. The van der Waals surface area contributed by atoms with Gasteiger partial charge in [-0.05, 0) is 55.7 Å². The molecule has 0 aromatic heterocycles. The first-order chi connectivity index (χ1) is 19.9. The highest BCUT2D eigenvalue weighted by Crippen LogP contribution is 2.49. The number of amides is 2. The summed E-state index contributed by atoms with van der Waals surface area (Å²) in [5.41, 5.74) is 6.00. The third-order valence-corrected chi connectivity index (χ3v) is 14.2. The van der Waals surface area contributed by atoms with Crippen LogP contribution in [0.1, 0.15) is 51.4 Å². The number of nitrogens with two attached hydrogens (primary N) is 1. The number of non-ortho nitro benzene ring substituents is 1. The molecule has 3 aliphatic heterocycles. The third-order valence-electron chi connectivity index (χ3n) is 9.43. The summed E-state index contributed by atoms with van der Waals surface area (Å²) in [4.78, 5) is 65.7. The van der Waals surface area contributed by atoms with Crippen LogP contribution < -0.4 is 5.73 Å². The molecule has 4 rings (SSSR count). The summed E-state index contributed by atoms with van der Waals surface area (Å²) < 4.78 is 11.9. The van der Waals surface area contributed by atoms with E-state index in [2.05, 4.69) is 20.8 Å². The van der Waals surface area contributed by atoms with Crippen LogP contribution in [0.2, 0.25) is 18.1 Å². The molecule has 3 aliphatic rings. The summed E-state index contributed by atoms with van der Waals surface area (Å²) >= 11 is 0. The fourth-order valence-electron chi connectivity index (χ4n) is 6.66. The van der Waals surface area contributed by atoms with E-state index in [-0.39, 0.29) is 52.7 Å². The number of hydrogen-bond donors (Lipinski definition) is 1. The van der Waals surface area contributed by atoms with Crippen LogP contribution >= 0.6 is 0 Å². The zero-order chi connectivity index (χ0) is 30.9. The number of ether oxygens (including phenoxy) is 1. The average molecular weight is 601 g/mol. The molecule has 1 unspecified atom stereocenters. The second kappa shape index (κ2) is 12.4. The van der Waals surface area contributed by atoms with Gasteiger partial charge in [0.2, 0.25) is 11.8 Å². The van der Waals surface area contributed by atoms with Crippen molar-refractivity contribution < 1.29 is 33.3 Å². The Morgan fingerprint density at radius 2 is 1.74 bits per heavy atom. The number of carbonyl (C=O) groups is 4. The lowest BCUT2D eigenvalue weighted by atomic mass is 9.77. The highest BCUT2D eigenvalue weighted by Gasteiger charge is 2.61. The Morgan fingerprint density at radius 3 is 2.26 bits per heavy atom. The third kappa shape index (κ3) is 5.77. The summed E-state index contributed by atoms with van der Waals surface area (Å²) in [6.45, 7) is 11.6. The molecule has 0 radical (unpaired) electrons. The monoisotopic (exact) mass is 600 g/mol. The molecule has 0 bridgehead atoms. The van der Waals surface area contributed by atoms with E-state index in [0.29, 0.717) is 31.6 Å². The molecule has 0 saturated carbocycles. The molecule has 1 aromatic carbocycles.